The zero-order chi connectivity index (χ0) is 12.8. The first-order chi connectivity index (χ1) is 8.08. The summed E-state index contributed by atoms with van der Waals surface area (Å²) in [6, 6.07) is 5.27. The minimum atomic E-state index is -0.110. The van der Waals surface area contributed by atoms with E-state index >= 15 is 0 Å². The lowest BCUT2D eigenvalue weighted by atomic mass is 10.2. The first-order valence-electron chi connectivity index (χ1n) is 5.70. The van der Waals surface area contributed by atoms with Crippen molar-refractivity contribution in [2.24, 2.45) is 0 Å². The van der Waals surface area contributed by atoms with Crippen molar-refractivity contribution in [3.8, 4) is 11.5 Å². The highest BCUT2D eigenvalue weighted by molar-refractivity contribution is 5.95. The van der Waals surface area contributed by atoms with Crippen molar-refractivity contribution in [1.29, 1.82) is 0 Å². The Morgan fingerprint density at radius 2 is 2.06 bits per heavy atom. The van der Waals surface area contributed by atoms with Crippen molar-refractivity contribution in [2.45, 2.75) is 26.8 Å². The van der Waals surface area contributed by atoms with Crippen LogP contribution < -0.4 is 14.8 Å². The van der Waals surface area contributed by atoms with Gasteiger partial charge in [-0.3, -0.25) is 4.79 Å². The van der Waals surface area contributed by atoms with E-state index in [2.05, 4.69) is 5.32 Å². The molecule has 1 amide bonds. The topological polar surface area (TPSA) is 47.6 Å². The highest BCUT2D eigenvalue weighted by atomic mass is 16.5. The smallest absolute Gasteiger partial charge is 0.251 e. The lowest BCUT2D eigenvalue weighted by Crippen LogP contribution is -2.30. The third kappa shape index (κ3) is 3.66. The maximum absolute atomic E-state index is 11.8. The second-order valence-corrected chi connectivity index (χ2v) is 3.93. The molecule has 0 radical (unpaired) electrons. The van der Waals surface area contributed by atoms with Gasteiger partial charge in [-0.15, -0.1) is 0 Å². The number of benzene rings is 1. The average molecular weight is 237 g/mol. The van der Waals surface area contributed by atoms with Crippen LogP contribution in [-0.2, 0) is 0 Å². The van der Waals surface area contributed by atoms with Crippen molar-refractivity contribution in [2.75, 3.05) is 13.7 Å². The number of rotatable bonds is 5. The molecular formula is C13H19NO3. The molecule has 1 rings (SSSR count). The van der Waals surface area contributed by atoms with E-state index in [-0.39, 0.29) is 11.9 Å². The van der Waals surface area contributed by atoms with Gasteiger partial charge in [-0.25, -0.2) is 0 Å². The number of ether oxygens (including phenoxy) is 2. The maximum atomic E-state index is 11.8. The van der Waals surface area contributed by atoms with Crippen LogP contribution in [0.2, 0.25) is 0 Å². The summed E-state index contributed by atoms with van der Waals surface area (Å²) in [4.78, 5) is 11.8. The summed E-state index contributed by atoms with van der Waals surface area (Å²) in [6.45, 7) is 6.31. The van der Waals surface area contributed by atoms with E-state index in [1.165, 1.54) is 0 Å². The van der Waals surface area contributed by atoms with Crippen LogP contribution in [0.25, 0.3) is 0 Å². The Morgan fingerprint density at radius 3 is 2.59 bits per heavy atom. The van der Waals surface area contributed by atoms with Crippen molar-refractivity contribution in [1.82, 2.24) is 5.32 Å². The summed E-state index contributed by atoms with van der Waals surface area (Å²) >= 11 is 0. The monoisotopic (exact) mass is 237 g/mol. The number of amides is 1. The van der Waals surface area contributed by atoms with Crippen LogP contribution in [-0.4, -0.2) is 25.7 Å². The number of carbonyl (C=O) groups is 1. The molecule has 1 aromatic rings. The number of carbonyl (C=O) groups excluding carboxylic acids is 1. The first kappa shape index (κ1) is 13.4. The van der Waals surface area contributed by atoms with Crippen LogP contribution >= 0.6 is 0 Å². The third-order valence-electron chi connectivity index (χ3n) is 2.15. The number of methoxy groups -OCH3 is 1. The van der Waals surface area contributed by atoms with Gasteiger partial charge in [0.25, 0.3) is 5.91 Å². The average Bonchev–Trinajstić information content (AvgIpc) is 2.29. The Bertz CT molecular complexity index is 388. The Hall–Kier alpha value is -1.71. The summed E-state index contributed by atoms with van der Waals surface area (Å²) in [5.74, 6) is 1.11. The summed E-state index contributed by atoms with van der Waals surface area (Å²) in [6.07, 6.45) is 0. The molecule has 0 bridgehead atoms. The third-order valence-corrected chi connectivity index (χ3v) is 2.15. The summed E-state index contributed by atoms with van der Waals surface area (Å²) in [7, 11) is 1.56. The zero-order valence-corrected chi connectivity index (χ0v) is 10.7. The van der Waals surface area contributed by atoms with Crippen molar-refractivity contribution in [3.63, 3.8) is 0 Å². The lowest BCUT2D eigenvalue weighted by molar-refractivity contribution is 0.0942. The molecular weight excluding hydrogens is 218 g/mol. The van der Waals surface area contributed by atoms with E-state index in [9.17, 15) is 4.79 Å². The van der Waals surface area contributed by atoms with Gasteiger partial charge in [-0.2, -0.15) is 0 Å². The van der Waals surface area contributed by atoms with Crippen LogP contribution in [0.15, 0.2) is 18.2 Å². The van der Waals surface area contributed by atoms with E-state index < -0.39 is 0 Å². The van der Waals surface area contributed by atoms with E-state index in [1.807, 2.05) is 20.8 Å². The fraction of sp³-hybridized carbons (Fsp3) is 0.462. The highest BCUT2D eigenvalue weighted by Gasteiger charge is 2.11. The number of nitrogens with one attached hydrogen (secondary N) is 1. The molecule has 0 saturated carbocycles. The van der Waals surface area contributed by atoms with E-state index in [0.717, 1.165) is 0 Å². The van der Waals surface area contributed by atoms with Crippen LogP contribution in [0, 0.1) is 0 Å². The van der Waals surface area contributed by atoms with Gasteiger partial charge in [-0.1, -0.05) is 0 Å². The largest absolute Gasteiger partial charge is 0.493 e. The molecule has 0 aliphatic heterocycles. The van der Waals surface area contributed by atoms with Crippen molar-refractivity contribution < 1.29 is 14.3 Å². The molecule has 1 aromatic carbocycles. The van der Waals surface area contributed by atoms with Gasteiger partial charge in [0, 0.05) is 11.6 Å². The van der Waals surface area contributed by atoms with Crippen LogP contribution in [0.1, 0.15) is 31.1 Å². The fourth-order valence-electron chi connectivity index (χ4n) is 1.43. The molecule has 0 heterocycles. The molecule has 0 aliphatic rings. The standard InChI is InChI=1S/C13H19NO3/c1-5-17-11-7-6-10(8-12(11)16-4)13(15)14-9(2)3/h6-9H,5H2,1-4H3,(H,14,15). The van der Waals surface area contributed by atoms with Crippen molar-refractivity contribution >= 4 is 5.91 Å². The molecule has 0 fully saturated rings. The predicted molar refractivity (Wildman–Crippen MR) is 66.8 cm³/mol. The molecule has 94 valence electrons. The van der Waals surface area contributed by atoms with Gasteiger partial charge >= 0.3 is 0 Å². The summed E-state index contributed by atoms with van der Waals surface area (Å²) < 4.78 is 10.6. The Balaban J connectivity index is 2.92. The molecule has 4 nitrogen and oxygen atoms in total. The molecule has 0 aromatic heterocycles. The minimum absolute atomic E-state index is 0.110. The van der Waals surface area contributed by atoms with E-state index in [0.29, 0.717) is 23.7 Å². The normalized spacial score (nSPS) is 10.2. The van der Waals surface area contributed by atoms with Gasteiger partial charge < -0.3 is 14.8 Å². The second-order valence-electron chi connectivity index (χ2n) is 3.93. The molecule has 4 heteroatoms. The van der Waals surface area contributed by atoms with Gasteiger partial charge in [0.05, 0.1) is 13.7 Å². The van der Waals surface area contributed by atoms with Gasteiger partial charge in [0.2, 0.25) is 0 Å². The highest BCUT2D eigenvalue weighted by Crippen LogP contribution is 2.27. The summed E-state index contributed by atoms with van der Waals surface area (Å²) in [5.41, 5.74) is 0.569. The lowest BCUT2D eigenvalue weighted by Gasteiger charge is -2.12. The van der Waals surface area contributed by atoms with Crippen molar-refractivity contribution in [3.05, 3.63) is 23.8 Å². The van der Waals surface area contributed by atoms with Crippen LogP contribution in [0.4, 0.5) is 0 Å². The Labute approximate surface area is 102 Å². The van der Waals surface area contributed by atoms with Gasteiger partial charge in [0.1, 0.15) is 0 Å². The van der Waals surface area contributed by atoms with Crippen LogP contribution in [0.5, 0.6) is 11.5 Å². The van der Waals surface area contributed by atoms with E-state index in [4.69, 9.17) is 9.47 Å². The van der Waals surface area contributed by atoms with Gasteiger partial charge in [0.15, 0.2) is 11.5 Å². The van der Waals surface area contributed by atoms with Gasteiger partial charge in [-0.05, 0) is 39.0 Å². The SMILES string of the molecule is CCOc1ccc(C(=O)NC(C)C)cc1OC. The first-order valence-corrected chi connectivity index (χ1v) is 5.70. The fourth-order valence-corrected chi connectivity index (χ4v) is 1.43. The van der Waals surface area contributed by atoms with E-state index in [1.54, 1.807) is 25.3 Å². The predicted octanol–water partition coefficient (Wildman–Crippen LogP) is 2.23. The molecule has 1 N–H and O–H groups in total. The number of hydrogen-bond donors (Lipinski definition) is 1. The summed E-state index contributed by atoms with van der Waals surface area (Å²) in [5, 5.41) is 2.83. The molecule has 0 unspecified atom stereocenters. The molecule has 17 heavy (non-hydrogen) atoms. The maximum Gasteiger partial charge on any atom is 0.251 e. The van der Waals surface area contributed by atoms with Crippen LogP contribution in [0.3, 0.4) is 0 Å². The minimum Gasteiger partial charge on any atom is -0.493 e. The Kier molecular flexibility index (Phi) is 4.82. The quantitative estimate of drug-likeness (QED) is 0.854. The zero-order valence-electron chi connectivity index (χ0n) is 10.7. The molecule has 0 saturated heterocycles. The molecule has 0 spiro atoms. The molecule has 0 atom stereocenters. The molecule has 0 aliphatic carbocycles. The Morgan fingerprint density at radius 1 is 1.35 bits per heavy atom. The second kappa shape index (κ2) is 6.13. The number of hydrogen-bond acceptors (Lipinski definition) is 3.